The first-order valence-electron chi connectivity index (χ1n) is 8.87. The number of esters is 1. The molecule has 3 rings (SSSR count). The smallest absolute Gasteiger partial charge is 0.313 e. The molecule has 152 valence electrons. The van der Waals surface area contributed by atoms with Crippen molar-refractivity contribution in [3.8, 4) is 5.75 Å². The number of ether oxygens (including phenoxy) is 1. The van der Waals surface area contributed by atoms with E-state index in [0.29, 0.717) is 0 Å². The lowest BCUT2D eigenvalue weighted by molar-refractivity contribution is -0.144. The van der Waals surface area contributed by atoms with Crippen molar-refractivity contribution in [2.24, 2.45) is 0 Å². The molecule has 1 atom stereocenters. The van der Waals surface area contributed by atoms with Crippen LogP contribution in [0.15, 0.2) is 30.3 Å². The zero-order valence-electron chi connectivity index (χ0n) is 15.9. The Balaban J connectivity index is 2.29. The van der Waals surface area contributed by atoms with Crippen LogP contribution in [0.25, 0.3) is 10.9 Å². The minimum Gasteiger partial charge on any atom is -0.505 e. The number of carbonyl (C=O) groups is 2. The van der Waals surface area contributed by atoms with Gasteiger partial charge in [-0.25, -0.2) is 13.2 Å². The maximum Gasteiger partial charge on any atom is 0.313 e. The number of phenols is 1. The first kappa shape index (κ1) is 20.4. The number of fused-ring (bicyclic) bond motifs is 1. The van der Waals surface area contributed by atoms with E-state index in [4.69, 9.17) is 4.74 Å². The summed E-state index contributed by atoms with van der Waals surface area (Å²) in [5.74, 6) is -6.25. The Morgan fingerprint density at radius 1 is 1.14 bits per heavy atom. The maximum atomic E-state index is 14.8. The fourth-order valence-electron chi connectivity index (χ4n) is 3.41. The molecular weight excluding hydrogens is 387 g/mol. The van der Waals surface area contributed by atoms with Crippen molar-refractivity contribution in [2.45, 2.75) is 26.7 Å². The minimum atomic E-state index is -1.20. The van der Waals surface area contributed by atoms with E-state index < -0.39 is 41.0 Å². The number of hydrogen-bond acceptors (Lipinski definition) is 4. The van der Waals surface area contributed by atoms with E-state index >= 15 is 0 Å². The zero-order chi connectivity index (χ0) is 21.5. The van der Waals surface area contributed by atoms with Gasteiger partial charge < -0.3 is 9.84 Å². The SMILES string of the molecule is CCOC(=O)[C@H](C)c1c(C)n(C(=O)c2ccc(F)c(F)c2)c2ccc(O)c(F)c12. The molecule has 5 nitrogen and oxygen atoms in total. The molecule has 0 fully saturated rings. The van der Waals surface area contributed by atoms with Gasteiger partial charge in [0.25, 0.3) is 5.91 Å². The summed E-state index contributed by atoms with van der Waals surface area (Å²) < 4.78 is 47.8. The molecule has 29 heavy (non-hydrogen) atoms. The van der Waals surface area contributed by atoms with Crippen LogP contribution in [0.4, 0.5) is 13.2 Å². The number of rotatable bonds is 4. The van der Waals surface area contributed by atoms with Gasteiger partial charge in [0, 0.05) is 16.6 Å². The number of hydrogen-bond donors (Lipinski definition) is 1. The van der Waals surface area contributed by atoms with Gasteiger partial charge in [-0.3, -0.25) is 14.2 Å². The van der Waals surface area contributed by atoms with Gasteiger partial charge >= 0.3 is 5.97 Å². The minimum absolute atomic E-state index is 0.0821. The van der Waals surface area contributed by atoms with Crippen molar-refractivity contribution in [2.75, 3.05) is 6.61 Å². The number of phenolic OH excluding ortho intramolecular Hbond substituents is 1. The summed E-state index contributed by atoms with van der Waals surface area (Å²) in [6.07, 6.45) is 0. The molecule has 0 aliphatic heterocycles. The average molecular weight is 405 g/mol. The highest BCUT2D eigenvalue weighted by molar-refractivity contribution is 6.05. The van der Waals surface area contributed by atoms with Crippen LogP contribution >= 0.6 is 0 Å². The van der Waals surface area contributed by atoms with Crippen LogP contribution in [0.3, 0.4) is 0 Å². The topological polar surface area (TPSA) is 68.5 Å². The Kier molecular flexibility index (Phi) is 5.37. The number of nitrogens with zero attached hydrogens (tertiary/aromatic N) is 1. The highest BCUT2D eigenvalue weighted by atomic mass is 19.2. The van der Waals surface area contributed by atoms with E-state index in [9.17, 15) is 27.9 Å². The Hall–Kier alpha value is -3.29. The van der Waals surface area contributed by atoms with Crippen LogP contribution in [0.1, 0.15) is 41.4 Å². The van der Waals surface area contributed by atoms with E-state index in [2.05, 4.69) is 0 Å². The molecular formula is C21H18F3NO4. The Morgan fingerprint density at radius 2 is 1.83 bits per heavy atom. The molecule has 0 saturated carbocycles. The Labute approximate surface area is 164 Å². The first-order valence-corrected chi connectivity index (χ1v) is 8.87. The molecule has 2 aromatic carbocycles. The van der Waals surface area contributed by atoms with Crippen molar-refractivity contribution < 1.29 is 32.6 Å². The van der Waals surface area contributed by atoms with Crippen molar-refractivity contribution in [3.05, 3.63) is 64.6 Å². The third kappa shape index (κ3) is 3.35. The second kappa shape index (κ2) is 7.62. The first-order chi connectivity index (χ1) is 13.7. The van der Waals surface area contributed by atoms with Gasteiger partial charge in [0.1, 0.15) is 0 Å². The monoisotopic (exact) mass is 405 g/mol. The second-order valence-corrected chi connectivity index (χ2v) is 6.54. The van der Waals surface area contributed by atoms with Gasteiger partial charge in [-0.1, -0.05) is 0 Å². The predicted octanol–water partition coefficient (Wildman–Crippen LogP) is 4.43. The molecule has 1 aromatic heterocycles. The second-order valence-electron chi connectivity index (χ2n) is 6.54. The average Bonchev–Trinajstić information content (AvgIpc) is 2.98. The normalized spacial score (nSPS) is 12.2. The van der Waals surface area contributed by atoms with Gasteiger partial charge in [-0.05, 0) is 56.7 Å². The van der Waals surface area contributed by atoms with Crippen molar-refractivity contribution in [1.82, 2.24) is 4.57 Å². The van der Waals surface area contributed by atoms with Crippen LogP contribution in [0, 0.1) is 24.4 Å². The number of carbonyl (C=O) groups excluding carboxylic acids is 2. The zero-order valence-corrected chi connectivity index (χ0v) is 15.9. The molecule has 0 amide bonds. The molecule has 0 unspecified atom stereocenters. The molecule has 0 radical (unpaired) electrons. The van der Waals surface area contributed by atoms with Gasteiger partial charge in [0.05, 0.1) is 18.0 Å². The summed E-state index contributed by atoms with van der Waals surface area (Å²) in [7, 11) is 0. The van der Waals surface area contributed by atoms with E-state index in [1.807, 2.05) is 0 Å². The summed E-state index contributed by atoms with van der Waals surface area (Å²) in [4.78, 5) is 25.3. The highest BCUT2D eigenvalue weighted by Gasteiger charge is 2.30. The molecule has 0 bridgehead atoms. The van der Waals surface area contributed by atoms with Crippen molar-refractivity contribution in [1.29, 1.82) is 0 Å². The summed E-state index contributed by atoms with van der Waals surface area (Å²) in [5, 5.41) is 9.70. The van der Waals surface area contributed by atoms with E-state index in [1.54, 1.807) is 6.92 Å². The molecule has 0 saturated heterocycles. The third-order valence-corrected chi connectivity index (χ3v) is 4.78. The fraction of sp³-hybridized carbons (Fsp3) is 0.238. The quantitative estimate of drug-likeness (QED) is 0.652. The standard InChI is InChI=1S/C21H18F3NO4/c1-4-29-21(28)10(2)17-11(3)25(15-7-8-16(26)19(24)18(15)17)20(27)12-5-6-13(22)14(23)9-12/h5-10,26H,4H2,1-3H3/t10-/m1/s1. The van der Waals surface area contributed by atoms with Crippen molar-refractivity contribution >= 4 is 22.8 Å². The van der Waals surface area contributed by atoms with Gasteiger partial charge in [0.15, 0.2) is 23.2 Å². The molecule has 1 N–H and O–H groups in total. The fourth-order valence-corrected chi connectivity index (χ4v) is 3.41. The Bertz CT molecular complexity index is 1140. The highest BCUT2D eigenvalue weighted by Crippen LogP contribution is 2.37. The molecule has 1 heterocycles. The number of aromatic hydroxyl groups is 1. The maximum absolute atomic E-state index is 14.8. The molecule has 8 heteroatoms. The van der Waals surface area contributed by atoms with Crippen LogP contribution < -0.4 is 0 Å². The number of aromatic nitrogens is 1. The van der Waals surface area contributed by atoms with Crippen LogP contribution in [-0.4, -0.2) is 28.2 Å². The van der Waals surface area contributed by atoms with Crippen LogP contribution in [-0.2, 0) is 9.53 Å². The largest absolute Gasteiger partial charge is 0.505 e. The summed E-state index contributed by atoms with van der Waals surface area (Å²) >= 11 is 0. The van der Waals surface area contributed by atoms with E-state index in [-0.39, 0.29) is 34.3 Å². The molecule has 0 spiro atoms. The summed E-state index contributed by atoms with van der Waals surface area (Å²) in [6, 6.07) is 5.06. The number of benzene rings is 2. The molecule has 0 aliphatic carbocycles. The summed E-state index contributed by atoms with van der Waals surface area (Å²) in [5.41, 5.74) is 0.314. The Morgan fingerprint density at radius 3 is 2.45 bits per heavy atom. The van der Waals surface area contributed by atoms with Gasteiger partial charge in [0.2, 0.25) is 0 Å². The van der Waals surface area contributed by atoms with E-state index in [1.165, 1.54) is 19.9 Å². The lowest BCUT2D eigenvalue weighted by Crippen LogP contribution is -2.17. The lowest BCUT2D eigenvalue weighted by Gasteiger charge is -2.12. The predicted molar refractivity (Wildman–Crippen MR) is 99.4 cm³/mol. The lowest BCUT2D eigenvalue weighted by atomic mass is 9.97. The third-order valence-electron chi connectivity index (χ3n) is 4.78. The van der Waals surface area contributed by atoms with Crippen LogP contribution in [0.5, 0.6) is 5.75 Å². The van der Waals surface area contributed by atoms with Crippen LogP contribution in [0.2, 0.25) is 0 Å². The van der Waals surface area contributed by atoms with Gasteiger partial charge in [-0.15, -0.1) is 0 Å². The number of halogens is 3. The molecule has 3 aromatic rings. The van der Waals surface area contributed by atoms with E-state index in [0.717, 1.165) is 28.8 Å². The summed E-state index contributed by atoms with van der Waals surface area (Å²) in [6.45, 7) is 4.73. The van der Waals surface area contributed by atoms with Crippen molar-refractivity contribution in [3.63, 3.8) is 0 Å². The van der Waals surface area contributed by atoms with Gasteiger partial charge in [-0.2, -0.15) is 0 Å². The molecule has 0 aliphatic rings.